The van der Waals surface area contributed by atoms with Crippen molar-refractivity contribution in [3.63, 3.8) is 0 Å². The van der Waals surface area contributed by atoms with Crippen molar-refractivity contribution in [1.29, 1.82) is 0 Å². The monoisotopic (exact) mass is 432 g/mol. The van der Waals surface area contributed by atoms with Crippen molar-refractivity contribution in [3.05, 3.63) is 41.3 Å². The Hall–Kier alpha value is -1.70. The number of aliphatic hydroxyl groups is 1. The second-order valence-corrected chi connectivity index (χ2v) is 10.1. The normalized spacial score (nSPS) is 23.7. The quantitative estimate of drug-likeness (QED) is 0.799. The fourth-order valence-electron chi connectivity index (χ4n) is 4.68. The van der Waals surface area contributed by atoms with Gasteiger partial charge >= 0.3 is 0 Å². The van der Waals surface area contributed by atoms with Gasteiger partial charge in [0.15, 0.2) is 0 Å². The molecule has 2 fully saturated rings. The smallest absolute Gasteiger partial charge is 0.150 e. The van der Waals surface area contributed by atoms with E-state index in [9.17, 15) is 9.32 Å². The lowest BCUT2D eigenvalue weighted by Gasteiger charge is -2.47. The van der Waals surface area contributed by atoms with Gasteiger partial charge < -0.3 is 14.9 Å². The molecule has 1 saturated heterocycles. The van der Waals surface area contributed by atoms with Gasteiger partial charge in [0.05, 0.1) is 22.9 Å². The van der Waals surface area contributed by atoms with Crippen LogP contribution >= 0.6 is 11.6 Å². The van der Waals surface area contributed by atoms with Crippen LogP contribution in [0.2, 0.25) is 5.02 Å². The van der Waals surface area contributed by atoms with Crippen molar-refractivity contribution in [2.24, 2.45) is 0 Å². The highest BCUT2D eigenvalue weighted by molar-refractivity contribution is 7.85. The van der Waals surface area contributed by atoms with Crippen LogP contribution < -0.4 is 9.80 Å². The number of piperidine rings is 1. The number of rotatable bonds is 4. The lowest BCUT2D eigenvalue weighted by atomic mass is 9.76. The third-order valence-corrected chi connectivity index (χ3v) is 8.23. The van der Waals surface area contributed by atoms with E-state index in [2.05, 4.69) is 26.9 Å². The van der Waals surface area contributed by atoms with Crippen molar-refractivity contribution in [1.82, 2.24) is 9.97 Å². The standard InChI is InChI=1S/C21H25ClN4O2S/c22-16-2-4-17(5-3-16)25-10-6-15(7-11-25)19-23-12-18-20(24-19)26(14-29(18)28)21(13-27)8-1-9-21/h2-5,12,15,27H,1,6-11,13-14H2/t29-/m0/s1. The first-order chi connectivity index (χ1) is 14.1. The highest BCUT2D eigenvalue weighted by atomic mass is 35.5. The van der Waals surface area contributed by atoms with Crippen LogP contribution in [0.25, 0.3) is 0 Å². The van der Waals surface area contributed by atoms with E-state index in [1.807, 2.05) is 12.1 Å². The minimum Gasteiger partial charge on any atom is -0.394 e. The van der Waals surface area contributed by atoms with Gasteiger partial charge in [-0.1, -0.05) is 11.6 Å². The summed E-state index contributed by atoms with van der Waals surface area (Å²) in [6.07, 6.45) is 6.67. The van der Waals surface area contributed by atoms with Crippen LogP contribution in [0.1, 0.15) is 43.8 Å². The maximum absolute atomic E-state index is 12.6. The topological polar surface area (TPSA) is 69.6 Å². The minimum atomic E-state index is -1.12. The number of benzene rings is 1. The number of hydrogen-bond donors (Lipinski definition) is 1. The highest BCUT2D eigenvalue weighted by Crippen LogP contribution is 2.44. The summed E-state index contributed by atoms with van der Waals surface area (Å²) in [4.78, 5) is 14.7. The van der Waals surface area contributed by atoms with Gasteiger partial charge in [-0.25, -0.2) is 9.97 Å². The SMILES string of the molecule is O=[S@]1CN(C2(CO)CCC2)c2nc(C3CCN(c4ccc(Cl)cc4)CC3)ncc21. The van der Waals surface area contributed by atoms with E-state index in [0.29, 0.717) is 16.7 Å². The number of aliphatic hydroxyl groups excluding tert-OH is 1. The van der Waals surface area contributed by atoms with Crippen molar-refractivity contribution >= 4 is 33.9 Å². The Morgan fingerprint density at radius 3 is 2.55 bits per heavy atom. The number of aromatic nitrogens is 2. The maximum atomic E-state index is 12.6. The first-order valence-electron chi connectivity index (χ1n) is 10.2. The zero-order chi connectivity index (χ0) is 20.0. The molecule has 29 heavy (non-hydrogen) atoms. The molecular weight excluding hydrogens is 408 g/mol. The Labute approximate surface area is 178 Å². The van der Waals surface area contributed by atoms with E-state index >= 15 is 0 Å². The van der Waals surface area contributed by atoms with Crippen molar-refractivity contribution < 1.29 is 9.32 Å². The molecule has 0 unspecified atom stereocenters. The molecule has 1 aliphatic carbocycles. The van der Waals surface area contributed by atoms with E-state index in [1.54, 1.807) is 6.20 Å². The second kappa shape index (κ2) is 7.52. The molecule has 2 aromatic rings. The van der Waals surface area contributed by atoms with Crippen LogP contribution in [0.5, 0.6) is 0 Å². The molecule has 0 amide bonds. The van der Waals surface area contributed by atoms with Gasteiger partial charge in [0, 0.05) is 35.9 Å². The van der Waals surface area contributed by atoms with Gasteiger partial charge in [-0.15, -0.1) is 0 Å². The summed E-state index contributed by atoms with van der Waals surface area (Å²) in [5.74, 6) is 2.34. The van der Waals surface area contributed by atoms with Gasteiger partial charge in [0.1, 0.15) is 22.4 Å². The zero-order valence-electron chi connectivity index (χ0n) is 16.3. The van der Waals surface area contributed by atoms with Crippen molar-refractivity contribution in [3.8, 4) is 0 Å². The maximum Gasteiger partial charge on any atom is 0.150 e. The van der Waals surface area contributed by atoms with E-state index < -0.39 is 10.8 Å². The lowest BCUT2D eigenvalue weighted by molar-refractivity contribution is 0.119. The molecule has 1 aromatic carbocycles. The fourth-order valence-corrected chi connectivity index (χ4v) is 6.11. The summed E-state index contributed by atoms with van der Waals surface area (Å²) >= 11 is 6.00. The molecule has 1 aromatic heterocycles. The molecule has 1 atom stereocenters. The number of anilines is 2. The average Bonchev–Trinajstić information content (AvgIpc) is 3.05. The Kier molecular flexibility index (Phi) is 5.00. The summed E-state index contributed by atoms with van der Waals surface area (Å²) in [6, 6.07) is 7.99. The van der Waals surface area contributed by atoms with Crippen molar-refractivity contribution in [2.45, 2.75) is 48.5 Å². The largest absolute Gasteiger partial charge is 0.394 e. The van der Waals surface area contributed by atoms with E-state index in [0.717, 1.165) is 61.9 Å². The molecule has 8 heteroatoms. The highest BCUT2D eigenvalue weighted by Gasteiger charge is 2.47. The Morgan fingerprint density at radius 1 is 1.21 bits per heavy atom. The summed E-state index contributed by atoms with van der Waals surface area (Å²) in [7, 11) is -1.12. The third-order valence-electron chi connectivity index (χ3n) is 6.71. The molecule has 2 aliphatic heterocycles. The summed E-state index contributed by atoms with van der Waals surface area (Å²) in [5.41, 5.74) is 0.906. The van der Waals surface area contributed by atoms with E-state index in [4.69, 9.17) is 16.6 Å². The number of halogens is 1. The van der Waals surface area contributed by atoms with E-state index in [-0.39, 0.29) is 12.1 Å². The number of nitrogens with zero attached hydrogens (tertiary/aromatic N) is 4. The summed E-state index contributed by atoms with van der Waals surface area (Å²) < 4.78 is 12.6. The number of hydrogen-bond acceptors (Lipinski definition) is 6. The summed E-state index contributed by atoms with van der Waals surface area (Å²) in [6.45, 7) is 1.98. The predicted molar refractivity (Wildman–Crippen MR) is 115 cm³/mol. The molecule has 3 heterocycles. The van der Waals surface area contributed by atoms with Crippen LogP contribution in [-0.2, 0) is 10.8 Å². The van der Waals surface area contributed by atoms with Crippen LogP contribution in [0.15, 0.2) is 35.4 Å². The van der Waals surface area contributed by atoms with Gasteiger partial charge in [-0.2, -0.15) is 0 Å². The third kappa shape index (κ3) is 3.33. The molecule has 1 saturated carbocycles. The molecule has 0 bridgehead atoms. The Balaban J connectivity index is 1.34. The van der Waals surface area contributed by atoms with E-state index in [1.165, 1.54) is 5.69 Å². The predicted octanol–water partition coefficient (Wildman–Crippen LogP) is 3.31. The molecule has 3 aliphatic rings. The van der Waals surface area contributed by atoms with Crippen LogP contribution in [0, 0.1) is 0 Å². The Bertz CT molecular complexity index is 921. The van der Waals surface area contributed by atoms with Crippen LogP contribution in [0.4, 0.5) is 11.5 Å². The molecular formula is C21H25ClN4O2S. The molecule has 0 spiro atoms. The van der Waals surface area contributed by atoms with Gasteiger partial charge in [-0.3, -0.25) is 4.21 Å². The van der Waals surface area contributed by atoms with Crippen molar-refractivity contribution in [2.75, 3.05) is 35.4 Å². The summed E-state index contributed by atoms with van der Waals surface area (Å²) in [5, 5.41) is 10.7. The van der Waals surface area contributed by atoms with Gasteiger partial charge in [-0.05, 0) is 56.4 Å². The Morgan fingerprint density at radius 2 is 1.93 bits per heavy atom. The fraction of sp³-hybridized carbons (Fsp3) is 0.524. The van der Waals surface area contributed by atoms with Crippen LogP contribution in [-0.4, -0.2) is 50.4 Å². The number of fused-ring (bicyclic) bond motifs is 1. The first-order valence-corrected chi connectivity index (χ1v) is 11.9. The van der Waals surface area contributed by atoms with Crippen LogP contribution in [0.3, 0.4) is 0 Å². The van der Waals surface area contributed by atoms with Gasteiger partial charge in [0.25, 0.3) is 0 Å². The molecule has 6 nitrogen and oxygen atoms in total. The van der Waals surface area contributed by atoms with Gasteiger partial charge in [0.2, 0.25) is 0 Å². The first kappa shape index (κ1) is 19.3. The molecule has 0 radical (unpaired) electrons. The zero-order valence-corrected chi connectivity index (χ0v) is 17.8. The average molecular weight is 433 g/mol. The second-order valence-electron chi connectivity index (χ2n) is 8.29. The minimum absolute atomic E-state index is 0.0858. The lowest BCUT2D eigenvalue weighted by Crippen LogP contribution is -2.56. The molecule has 154 valence electrons. The molecule has 5 rings (SSSR count). The molecule has 1 N–H and O–H groups in total.